The van der Waals surface area contributed by atoms with Gasteiger partial charge < -0.3 is 10.5 Å². The van der Waals surface area contributed by atoms with Crippen molar-refractivity contribution in [3.63, 3.8) is 0 Å². The minimum absolute atomic E-state index is 0.208. The van der Waals surface area contributed by atoms with Crippen molar-refractivity contribution in [3.05, 3.63) is 23.8 Å². The smallest absolute Gasteiger partial charge is 0.246 e. The molecule has 21 heavy (non-hydrogen) atoms. The third-order valence-corrected chi connectivity index (χ3v) is 5.39. The molecule has 0 aliphatic carbocycles. The van der Waals surface area contributed by atoms with E-state index >= 15 is 0 Å². The standard InChI is InChI=1S/C15H26N2O3S/c1-6-17(11-15(3,4)10-16)21(18,19)14-9-12(2)7-8-13(14)20-5/h7-9H,6,10-11,16H2,1-5H3. The lowest BCUT2D eigenvalue weighted by Gasteiger charge is -2.30. The lowest BCUT2D eigenvalue weighted by Crippen LogP contribution is -2.42. The van der Waals surface area contributed by atoms with E-state index in [2.05, 4.69) is 0 Å². The summed E-state index contributed by atoms with van der Waals surface area (Å²) < 4.78 is 32.5. The number of benzene rings is 1. The van der Waals surface area contributed by atoms with Crippen molar-refractivity contribution in [2.45, 2.75) is 32.6 Å². The van der Waals surface area contributed by atoms with E-state index in [1.54, 1.807) is 12.1 Å². The number of methoxy groups -OCH3 is 1. The molecule has 0 unspecified atom stereocenters. The summed E-state index contributed by atoms with van der Waals surface area (Å²) >= 11 is 0. The molecule has 1 aromatic carbocycles. The van der Waals surface area contributed by atoms with Gasteiger partial charge in [0, 0.05) is 13.1 Å². The van der Waals surface area contributed by atoms with E-state index in [0.717, 1.165) is 5.56 Å². The van der Waals surface area contributed by atoms with Crippen molar-refractivity contribution in [2.75, 3.05) is 26.7 Å². The monoisotopic (exact) mass is 314 g/mol. The molecule has 120 valence electrons. The highest BCUT2D eigenvalue weighted by molar-refractivity contribution is 7.89. The van der Waals surface area contributed by atoms with Crippen LogP contribution in [0.15, 0.2) is 23.1 Å². The van der Waals surface area contributed by atoms with Crippen molar-refractivity contribution < 1.29 is 13.2 Å². The van der Waals surface area contributed by atoms with Gasteiger partial charge in [-0.3, -0.25) is 0 Å². The molecule has 0 aromatic heterocycles. The van der Waals surface area contributed by atoms with Crippen LogP contribution in [0.3, 0.4) is 0 Å². The first kappa shape index (κ1) is 17.9. The van der Waals surface area contributed by atoms with Crippen molar-refractivity contribution >= 4 is 10.0 Å². The van der Waals surface area contributed by atoms with Gasteiger partial charge in [0.1, 0.15) is 10.6 Å². The summed E-state index contributed by atoms with van der Waals surface area (Å²) in [5.74, 6) is 0.365. The van der Waals surface area contributed by atoms with E-state index in [1.807, 2.05) is 33.8 Å². The number of hydrogen-bond donors (Lipinski definition) is 1. The molecule has 5 nitrogen and oxygen atoms in total. The van der Waals surface area contributed by atoms with Gasteiger partial charge >= 0.3 is 0 Å². The minimum atomic E-state index is -3.61. The quantitative estimate of drug-likeness (QED) is 0.835. The van der Waals surface area contributed by atoms with E-state index in [4.69, 9.17) is 10.5 Å². The molecule has 0 fully saturated rings. The summed E-state index contributed by atoms with van der Waals surface area (Å²) in [7, 11) is -2.13. The topological polar surface area (TPSA) is 72.6 Å². The number of nitrogens with zero attached hydrogens (tertiary/aromatic N) is 1. The van der Waals surface area contributed by atoms with Crippen LogP contribution in [0.5, 0.6) is 5.75 Å². The van der Waals surface area contributed by atoms with Crippen molar-refractivity contribution in [1.29, 1.82) is 0 Å². The Bertz CT molecular complexity index is 583. The first-order valence-corrected chi connectivity index (χ1v) is 8.47. The molecule has 0 spiro atoms. The lowest BCUT2D eigenvalue weighted by atomic mass is 9.94. The molecule has 0 radical (unpaired) electrons. The molecule has 6 heteroatoms. The predicted octanol–water partition coefficient (Wildman–Crippen LogP) is 2.00. The fourth-order valence-corrected chi connectivity index (χ4v) is 3.91. The molecular formula is C15H26N2O3S. The molecule has 0 saturated heterocycles. The van der Waals surface area contributed by atoms with E-state index in [1.165, 1.54) is 11.4 Å². The Balaban J connectivity index is 3.28. The molecule has 0 atom stereocenters. The highest BCUT2D eigenvalue weighted by atomic mass is 32.2. The van der Waals surface area contributed by atoms with Crippen LogP contribution < -0.4 is 10.5 Å². The van der Waals surface area contributed by atoms with Crippen LogP contribution in [0.1, 0.15) is 26.3 Å². The van der Waals surface area contributed by atoms with E-state index < -0.39 is 10.0 Å². The zero-order valence-electron chi connectivity index (χ0n) is 13.5. The Labute approximate surface area is 128 Å². The third-order valence-electron chi connectivity index (χ3n) is 3.45. The van der Waals surface area contributed by atoms with Gasteiger partial charge in [0.2, 0.25) is 10.0 Å². The van der Waals surface area contributed by atoms with E-state index in [9.17, 15) is 8.42 Å². The van der Waals surface area contributed by atoms with Gasteiger partial charge in [-0.05, 0) is 36.6 Å². The van der Waals surface area contributed by atoms with Gasteiger partial charge in [-0.15, -0.1) is 0 Å². The zero-order chi connectivity index (χ0) is 16.3. The molecule has 0 heterocycles. The van der Waals surface area contributed by atoms with Gasteiger partial charge in [-0.25, -0.2) is 8.42 Å². The average molecular weight is 314 g/mol. The highest BCUT2D eigenvalue weighted by Gasteiger charge is 2.31. The molecule has 1 aromatic rings. The number of nitrogens with two attached hydrogens (primary N) is 1. The number of sulfonamides is 1. The second kappa shape index (κ2) is 6.77. The predicted molar refractivity (Wildman–Crippen MR) is 85.0 cm³/mol. The number of hydrogen-bond acceptors (Lipinski definition) is 4. The SMILES string of the molecule is CCN(CC(C)(C)CN)S(=O)(=O)c1cc(C)ccc1OC. The second-order valence-electron chi connectivity index (χ2n) is 5.95. The third kappa shape index (κ3) is 4.18. The van der Waals surface area contributed by atoms with Crippen LogP contribution in [0.2, 0.25) is 0 Å². The first-order valence-electron chi connectivity index (χ1n) is 7.03. The summed E-state index contributed by atoms with van der Waals surface area (Å²) in [5, 5.41) is 0. The number of rotatable bonds is 7. The first-order chi connectivity index (χ1) is 9.67. The molecule has 0 aliphatic rings. The fraction of sp³-hybridized carbons (Fsp3) is 0.600. The Morgan fingerprint density at radius 1 is 1.33 bits per heavy atom. The molecule has 2 N–H and O–H groups in total. The maximum atomic E-state index is 12.9. The summed E-state index contributed by atoms with van der Waals surface area (Å²) in [6, 6.07) is 5.16. The van der Waals surface area contributed by atoms with Crippen LogP contribution in [0, 0.1) is 12.3 Å². The maximum Gasteiger partial charge on any atom is 0.246 e. The average Bonchev–Trinajstić information content (AvgIpc) is 2.44. The van der Waals surface area contributed by atoms with Crippen LogP contribution in [0.4, 0.5) is 0 Å². The van der Waals surface area contributed by atoms with Crippen LogP contribution in [0.25, 0.3) is 0 Å². The van der Waals surface area contributed by atoms with Gasteiger partial charge in [0.05, 0.1) is 7.11 Å². The minimum Gasteiger partial charge on any atom is -0.495 e. The summed E-state index contributed by atoms with van der Waals surface area (Å²) in [4.78, 5) is 0.208. The van der Waals surface area contributed by atoms with Gasteiger partial charge in [-0.1, -0.05) is 26.8 Å². The Morgan fingerprint density at radius 2 is 1.95 bits per heavy atom. The molecular weight excluding hydrogens is 288 g/mol. The molecule has 1 rings (SSSR count). The fourth-order valence-electron chi connectivity index (χ4n) is 2.03. The Hall–Kier alpha value is -1.11. The maximum absolute atomic E-state index is 12.9. The van der Waals surface area contributed by atoms with Crippen molar-refractivity contribution in [3.8, 4) is 5.75 Å². The Kier molecular flexibility index (Phi) is 5.78. The van der Waals surface area contributed by atoms with E-state index in [-0.39, 0.29) is 10.3 Å². The molecule has 0 saturated carbocycles. The van der Waals surface area contributed by atoms with Crippen LogP contribution in [-0.4, -0.2) is 39.5 Å². The van der Waals surface area contributed by atoms with E-state index in [0.29, 0.717) is 25.4 Å². The zero-order valence-corrected chi connectivity index (χ0v) is 14.3. The van der Waals surface area contributed by atoms with Crippen molar-refractivity contribution in [2.24, 2.45) is 11.1 Å². The number of ether oxygens (including phenoxy) is 1. The van der Waals surface area contributed by atoms with Gasteiger partial charge in [-0.2, -0.15) is 4.31 Å². The van der Waals surface area contributed by atoms with Gasteiger partial charge in [0.15, 0.2) is 0 Å². The van der Waals surface area contributed by atoms with Crippen LogP contribution in [-0.2, 0) is 10.0 Å². The largest absolute Gasteiger partial charge is 0.495 e. The number of aryl methyl sites for hydroxylation is 1. The molecule has 0 amide bonds. The van der Waals surface area contributed by atoms with Crippen molar-refractivity contribution in [1.82, 2.24) is 4.31 Å². The summed E-state index contributed by atoms with van der Waals surface area (Å²) in [6.45, 7) is 8.79. The highest BCUT2D eigenvalue weighted by Crippen LogP contribution is 2.29. The van der Waals surface area contributed by atoms with Crippen LogP contribution >= 0.6 is 0 Å². The lowest BCUT2D eigenvalue weighted by molar-refractivity contribution is 0.272. The molecule has 0 bridgehead atoms. The second-order valence-corrected chi connectivity index (χ2v) is 7.86. The summed E-state index contributed by atoms with van der Waals surface area (Å²) in [5.41, 5.74) is 6.33. The normalized spacial score (nSPS) is 12.7. The molecule has 0 aliphatic heterocycles. The summed E-state index contributed by atoms with van der Waals surface area (Å²) in [6.07, 6.45) is 0. The van der Waals surface area contributed by atoms with Gasteiger partial charge in [0.25, 0.3) is 0 Å². The Morgan fingerprint density at radius 3 is 2.43 bits per heavy atom.